The van der Waals surface area contributed by atoms with Crippen LogP contribution in [0.1, 0.15) is 77.0 Å². The summed E-state index contributed by atoms with van der Waals surface area (Å²) in [5.41, 5.74) is 4.83. The predicted molar refractivity (Wildman–Crippen MR) is 179 cm³/mol. The molecule has 2 aliphatic carbocycles. The molecule has 0 atom stereocenters. The first-order chi connectivity index (χ1) is 19.0. The van der Waals surface area contributed by atoms with Gasteiger partial charge in [-0.2, -0.15) is 0 Å². The first kappa shape index (κ1) is 27.2. The number of fused-ring (bicyclic) bond motifs is 2. The summed E-state index contributed by atoms with van der Waals surface area (Å²) >= 11 is 0. The number of hydrogen-bond acceptors (Lipinski definition) is 0. The second kappa shape index (κ2) is 11.9. The third-order valence-corrected chi connectivity index (χ3v) is 15.2. The van der Waals surface area contributed by atoms with Crippen molar-refractivity contribution in [2.24, 2.45) is 0 Å². The lowest BCUT2D eigenvalue weighted by molar-refractivity contribution is 0.669. The van der Waals surface area contributed by atoms with Crippen molar-refractivity contribution in [3.63, 3.8) is 0 Å². The summed E-state index contributed by atoms with van der Waals surface area (Å²) in [7, 11) is -1.69. The highest BCUT2D eigenvalue weighted by Crippen LogP contribution is 2.56. The van der Waals surface area contributed by atoms with Gasteiger partial charge in [0.05, 0.1) is 8.07 Å². The van der Waals surface area contributed by atoms with Gasteiger partial charge in [-0.25, -0.2) is 0 Å². The van der Waals surface area contributed by atoms with Crippen molar-refractivity contribution in [1.29, 1.82) is 0 Å². The lowest BCUT2D eigenvalue weighted by Crippen LogP contribution is -2.38. The van der Waals surface area contributed by atoms with Gasteiger partial charge in [-0.15, -0.1) is 0 Å². The SMILES string of the molecule is C[Si](C)(C)c1ccc(-c2c(P(C3CCCCCC3)C3CCCCCC3)ccc3ccccc23)c2ccccc12. The smallest absolute Gasteiger partial charge is 0.0683 e. The van der Waals surface area contributed by atoms with E-state index in [0.717, 1.165) is 11.3 Å². The van der Waals surface area contributed by atoms with Crippen LogP contribution < -0.4 is 10.5 Å². The van der Waals surface area contributed by atoms with Crippen LogP contribution in [0.4, 0.5) is 0 Å². The molecule has 0 N–H and O–H groups in total. The maximum Gasteiger partial charge on any atom is 0.0784 e. The first-order valence-electron chi connectivity index (χ1n) is 15.8. The van der Waals surface area contributed by atoms with E-state index in [9.17, 15) is 0 Å². The molecular formula is C37H47PSi. The molecule has 0 nitrogen and oxygen atoms in total. The van der Waals surface area contributed by atoms with E-state index in [4.69, 9.17) is 0 Å². The standard InChI is InChI=1S/C37H47PSi/c1-39(2,3)36-27-25-34(32-22-14-15-23-33(32)36)37-31-21-13-12-16-28(31)24-26-35(37)38(29-17-8-4-5-9-18-29)30-19-10-6-7-11-20-30/h12-16,21-27,29-30H,4-11,17-20H2,1-3H3. The normalized spacial score (nSPS) is 18.5. The lowest BCUT2D eigenvalue weighted by Gasteiger charge is -2.36. The molecule has 0 spiro atoms. The minimum Gasteiger partial charge on any atom is -0.0683 e. The molecule has 0 bridgehead atoms. The minimum atomic E-state index is -1.47. The largest absolute Gasteiger partial charge is 0.0784 e. The minimum absolute atomic E-state index is 0.221. The van der Waals surface area contributed by atoms with Gasteiger partial charge in [0, 0.05) is 0 Å². The second-order valence-corrected chi connectivity index (χ2v) is 21.1. The van der Waals surface area contributed by atoms with Gasteiger partial charge in [0.1, 0.15) is 0 Å². The van der Waals surface area contributed by atoms with Crippen LogP contribution in [0.3, 0.4) is 0 Å². The first-order valence-corrected chi connectivity index (χ1v) is 20.8. The Bertz CT molecular complexity index is 1390. The van der Waals surface area contributed by atoms with Crippen molar-refractivity contribution < 1.29 is 0 Å². The van der Waals surface area contributed by atoms with Crippen molar-refractivity contribution in [3.8, 4) is 11.1 Å². The van der Waals surface area contributed by atoms with Crippen molar-refractivity contribution in [2.75, 3.05) is 0 Å². The van der Waals surface area contributed by atoms with Crippen LogP contribution in [0, 0.1) is 0 Å². The molecule has 0 aromatic heterocycles. The van der Waals surface area contributed by atoms with Crippen LogP contribution in [0.2, 0.25) is 19.6 Å². The Morgan fingerprint density at radius 1 is 0.538 bits per heavy atom. The highest BCUT2D eigenvalue weighted by atomic mass is 31.1. The molecular weight excluding hydrogens is 503 g/mol. The summed E-state index contributed by atoms with van der Waals surface area (Å²) in [4.78, 5) is 0. The van der Waals surface area contributed by atoms with Gasteiger partial charge < -0.3 is 0 Å². The van der Waals surface area contributed by atoms with Crippen LogP contribution in [0.15, 0.2) is 72.8 Å². The molecule has 0 radical (unpaired) electrons. The fourth-order valence-corrected chi connectivity index (χ4v) is 13.3. The van der Waals surface area contributed by atoms with Crippen molar-refractivity contribution >= 4 is 48.0 Å². The molecule has 2 heteroatoms. The molecule has 2 fully saturated rings. The monoisotopic (exact) mass is 550 g/mol. The van der Waals surface area contributed by atoms with E-state index in [0.29, 0.717) is 0 Å². The zero-order valence-electron chi connectivity index (χ0n) is 24.5. The van der Waals surface area contributed by atoms with E-state index in [1.165, 1.54) is 104 Å². The number of hydrogen-bond donors (Lipinski definition) is 0. The van der Waals surface area contributed by atoms with Crippen molar-refractivity contribution in [2.45, 2.75) is 108 Å². The van der Waals surface area contributed by atoms with Gasteiger partial charge in [0.25, 0.3) is 0 Å². The molecule has 39 heavy (non-hydrogen) atoms. The maximum atomic E-state index is 2.61. The third kappa shape index (κ3) is 5.64. The summed E-state index contributed by atoms with van der Waals surface area (Å²) in [6.45, 7) is 7.49. The van der Waals surface area contributed by atoms with Gasteiger partial charge in [-0.3, -0.25) is 0 Å². The van der Waals surface area contributed by atoms with Gasteiger partial charge >= 0.3 is 0 Å². The van der Waals surface area contributed by atoms with E-state index < -0.39 is 8.07 Å². The molecule has 0 unspecified atom stereocenters. The highest BCUT2D eigenvalue weighted by molar-refractivity contribution is 7.67. The van der Waals surface area contributed by atoms with Gasteiger partial charge in [0.15, 0.2) is 0 Å². The zero-order chi connectivity index (χ0) is 26.8. The topological polar surface area (TPSA) is 0 Å². The lowest BCUT2D eigenvalue weighted by atomic mass is 9.94. The Hall–Kier alpha value is -1.95. The Morgan fingerprint density at radius 2 is 1.08 bits per heavy atom. The molecule has 0 heterocycles. The van der Waals surface area contributed by atoms with Gasteiger partial charge in [-0.1, -0.05) is 157 Å². The van der Waals surface area contributed by atoms with Crippen LogP contribution in [0.5, 0.6) is 0 Å². The molecule has 4 aromatic rings. The Labute approximate surface area is 239 Å². The molecule has 6 rings (SSSR count). The van der Waals surface area contributed by atoms with E-state index in [1.807, 2.05) is 0 Å². The van der Waals surface area contributed by atoms with E-state index in [2.05, 4.69) is 92.4 Å². The summed E-state index contributed by atoms with van der Waals surface area (Å²) in [6, 6.07) is 28.7. The fraction of sp³-hybridized carbons (Fsp3) is 0.459. The molecule has 0 saturated heterocycles. The Morgan fingerprint density at radius 3 is 1.67 bits per heavy atom. The average Bonchev–Trinajstić information content (AvgIpc) is 3.38. The quantitative estimate of drug-likeness (QED) is 0.132. The van der Waals surface area contributed by atoms with Gasteiger partial charge in [0.2, 0.25) is 0 Å². The Kier molecular flexibility index (Phi) is 8.29. The average molecular weight is 551 g/mol. The summed E-state index contributed by atoms with van der Waals surface area (Å²) < 4.78 is 0. The van der Waals surface area contributed by atoms with E-state index >= 15 is 0 Å². The van der Waals surface area contributed by atoms with Crippen molar-refractivity contribution in [3.05, 3.63) is 72.8 Å². The highest BCUT2D eigenvalue weighted by Gasteiger charge is 2.34. The molecule has 0 aliphatic heterocycles. The third-order valence-electron chi connectivity index (χ3n) is 9.62. The molecule has 4 aromatic carbocycles. The fourth-order valence-electron chi connectivity index (χ4n) is 7.69. The van der Waals surface area contributed by atoms with Crippen molar-refractivity contribution in [1.82, 2.24) is 0 Å². The van der Waals surface area contributed by atoms with E-state index in [-0.39, 0.29) is 7.92 Å². The van der Waals surface area contributed by atoms with Crippen LogP contribution in [-0.4, -0.2) is 19.4 Å². The second-order valence-electron chi connectivity index (χ2n) is 13.3. The predicted octanol–water partition coefficient (Wildman–Crippen LogP) is 10.8. The molecule has 0 amide bonds. The number of rotatable bonds is 5. The Balaban J connectivity index is 1.62. The zero-order valence-corrected chi connectivity index (χ0v) is 26.4. The summed E-state index contributed by atoms with van der Waals surface area (Å²) in [5, 5.41) is 9.14. The molecule has 2 aliphatic rings. The van der Waals surface area contributed by atoms with Crippen LogP contribution >= 0.6 is 7.92 Å². The van der Waals surface area contributed by atoms with Crippen LogP contribution in [0.25, 0.3) is 32.7 Å². The van der Waals surface area contributed by atoms with Gasteiger partial charge in [-0.05, 0) is 75.0 Å². The number of benzene rings is 4. The molecule has 204 valence electrons. The summed E-state index contributed by atoms with van der Waals surface area (Å²) in [5.74, 6) is 0. The van der Waals surface area contributed by atoms with E-state index in [1.54, 1.807) is 16.1 Å². The summed E-state index contributed by atoms with van der Waals surface area (Å²) in [6.07, 6.45) is 17.3. The van der Waals surface area contributed by atoms with Crippen LogP contribution in [-0.2, 0) is 0 Å². The maximum absolute atomic E-state index is 2.61. The molecule has 2 saturated carbocycles.